The molecule has 1 fully saturated rings. The lowest BCUT2D eigenvalue weighted by molar-refractivity contribution is -0.915. The molecule has 2 aromatic rings. The average molecular weight is 396 g/mol. The lowest BCUT2D eigenvalue weighted by Crippen LogP contribution is -3.15. The van der Waals surface area contributed by atoms with Crippen LogP contribution < -0.4 is 14.4 Å². The highest BCUT2D eigenvalue weighted by Gasteiger charge is 2.45. The van der Waals surface area contributed by atoms with Gasteiger partial charge in [0.2, 0.25) is 0 Å². The predicted molar refractivity (Wildman–Crippen MR) is 120 cm³/mol. The minimum absolute atomic E-state index is 0.190. The van der Waals surface area contributed by atoms with E-state index in [0.29, 0.717) is 12.0 Å². The molecular weight excluding hydrogens is 360 g/mol. The van der Waals surface area contributed by atoms with Crippen LogP contribution in [-0.2, 0) is 5.41 Å². The Morgan fingerprint density at radius 3 is 2.48 bits per heavy atom. The predicted octanol–water partition coefficient (Wildman–Crippen LogP) is 3.39. The summed E-state index contributed by atoms with van der Waals surface area (Å²) in [7, 11) is 5.64. The first-order valence-electron chi connectivity index (χ1n) is 10.6. The van der Waals surface area contributed by atoms with Gasteiger partial charge >= 0.3 is 0 Å². The number of nitrogens with one attached hydrogen (secondary N) is 1. The standard InChI is InChI=1S/C25H34N2O2/c1-19-18-27(3)20(2)16-25(19,22-9-7-6-8-10-22)13-14-26-17-21-11-12-23(28-4)24(15-21)29-5/h6-12,15,17,19-20H,13-14,16,18H2,1-5H3/p+1/t19-,20-,25+/m1/s1. The summed E-state index contributed by atoms with van der Waals surface area (Å²) in [6.45, 7) is 6.82. The van der Waals surface area contributed by atoms with Gasteiger partial charge in [-0.05, 0) is 42.7 Å². The van der Waals surface area contributed by atoms with E-state index in [1.165, 1.54) is 18.5 Å². The molecule has 4 atom stereocenters. The van der Waals surface area contributed by atoms with Gasteiger partial charge in [-0.15, -0.1) is 0 Å². The van der Waals surface area contributed by atoms with Crippen LogP contribution in [0.5, 0.6) is 11.5 Å². The van der Waals surface area contributed by atoms with Crippen LogP contribution in [0.15, 0.2) is 53.5 Å². The summed E-state index contributed by atoms with van der Waals surface area (Å²) in [5, 5.41) is 0. The number of benzene rings is 2. The fourth-order valence-electron chi connectivity index (χ4n) is 4.83. The van der Waals surface area contributed by atoms with Crippen molar-refractivity contribution in [3.05, 3.63) is 59.7 Å². The van der Waals surface area contributed by atoms with Gasteiger partial charge in [0.1, 0.15) is 0 Å². The Labute approximate surface area is 175 Å². The minimum atomic E-state index is 0.190. The molecule has 4 heteroatoms. The van der Waals surface area contributed by atoms with Crippen molar-refractivity contribution < 1.29 is 14.4 Å². The fourth-order valence-corrected chi connectivity index (χ4v) is 4.83. The number of likely N-dealkylation sites (tertiary alicyclic amines) is 1. The normalized spacial score (nSPS) is 27.1. The second-order valence-corrected chi connectivity index (χ2v) is 8.48. The molecule has 1 aliphatic rings. The molecule has 4 nitrogen and oxygen atoms in total. The van der Waals surface area contributed by atoms with Crippen LogP contribution in [-0.4, -0.2) is 46.6 Å². The van der Waals surface area contributed by atoms with Crippen molar-refractivity contribution in [2.45, 2.75) is 38.1 Å². The van der Waals surface area contributed by atoms with Crippen LogP contribution in [0.2, 0.25) is 0 Å². The van der Waals surface area contributed by atoms with E-state index in [1.807, 2.05) is 24.4 Å². The zero-order chi connectivity index (χ0) is 20.9. The Bertz CT molecular complexity index is 821. The molecule has 0 saturated carbocycles. The molecule has 0 amide bonds. The highest BCUT2D eigenvalue weighted by atomic mass is 16.5. The van der Waals surface area contributed by atoms with E-state index in [9.17, 15) is 0 Å². The molecule has 0 spiro atoms. The third-order valence-corrected chi connectivity index (χ3v) is 6.77. The van der Waals surface area contributed by atoms with Crippen molar-refractivity contribution in [2.24, 2.45) is 10.9 Å². The van der Waals surface area contributed by atoms with Gasteiger partial charge in [-0.1, -0.05) is 37.3 Å². The molecule has 1 heterocycles. The van der Waals surface area contributed by atoms with Crippen LogP contribution in [0.25, 0.3) is 0 Å². The van der Waals surface area contributed by atoms with Crippen molar-refractivity contribution >= 4 is 6.21 Å². The van der Waals surface area contributed by atoms with Gasteiger partial charge in [0.05, 0.1) is 33.9 Å². The molecular formula is C25H35N2O2+. The monoisotopic (exact) mass is 395 g/mol. The summed E-state index contributed by atoms with van der Waals surface area (Å²) in [6, 6.07) is 17.6. The van der Waals surface area contributed by atoms with E-state index >= 15 is 0 Å². The smallest absolute Gasteiger partial charge is 0.161 e. The molecule has 1 N–H and O–H groups in total. The van der Waals surface area contributed by atoms with Gasteiger partial charge in [0.15, 0.2) is 11.5 Å². The van der Waals surface area contributed by atoms with Gasteiger partial charge in [0.25, 0.3) is 0 Å². The summed E-state index contributed by atoms with van der Waals surface area (Å²) in [6.07, 6.45) is 4.23. The van der Waals surface area contributed by atoms with Gasteiger partial charge in [-0.2, -0.15) is 0 Å². The third-order valence-electron chi connectivity index (χ3n) is 6.77. The lowest BCUT2D eigenvalue weighted by atomic mass is 9.63. The van der Waals surface area contributed by atoms with Gasteiger partial charge in [-0.3, -0.25) is 4.99 Å². The van der Waals surface area contributed by atoms with Gasteiger partial charge in [-0.25, -0.2) is 0 Å². The maximum absolute atomic E-state index is 5.40. The Kier molecular flexibility index (Phi) is 6.96. The fraction of sp³-hybridized carbons (Fsp3) is 0.480. The van der Waals surface area contributed by atoms with E-state index in [0.717, 1.165) is 30.0 Å². The van der Waals surface area contributed by atoms with Crippen molar-refractivity contribution in [3.63, 3.8) is 0 Å². The van der Waals surface area contributed by atoms with E-state index in [4.69, 9.17) is 14.5 Å². The first-order chi connectivity index (χ1) is 14.0. The van der Waals surface area contributed by atoms with E-state index in [1.54, 1.807) is 19.1 Å². The molecule has 156 valence electrons. The number of nitrogens with zero attached hydrogens (tertiary/aromatic N) is 1. The number of quaternary nitrogens is 1. The SMILES string of the molecule is COc1ccc(C=NCC[C@]2(c3ccccc3)C[C@@H](C)[NH+](C)C[C@H]2C)cc1OC. The largest absolute Gasteiger partial charge is 0.493 e. The zero-order valence-corrected chi connectivity index (χ0v) is 18.4. The quantitative estimate of drug-likeness (QED) is 0.730. The van der Waals surface area contributed by atoms with Crippen molar-refractivity contribution in [3.8, 4) is 11.5 Å². The summed E-state index contributed by atoms with van der Waals surface area (Å²) < 4.78 is 10.7. The summed E-state index contributed by atoms with van der Waals surface area (Å²) in [4.78, 5) is 6.42. The van der Waals surface area contributed by atoms with E-state index < -0.39 is 0 Å². The number of methoxy groups -OCH3 is 2. The van der Waals surface area contributed by atoms with Gasteiger partial charge in [0, 0.05) is 30.5 Å². The zero-order valence-electron chi connectivity index (χ0n) is 18.4. The molecule has 3 rings (SSSR count). The highest BCUT2D eigenvalue weighted by molar-refractivity contribution is 5.80. The molecule has 0 radical (unpaired) electrons. The van der Waals surface area contributed by atoms with Crippen LogP contribution in [0.1, 0.15) is 37.8 Å². The Balaban J connectivity index is 1.77. The Hall–Kier alpha value is -2.33. The summed E-state index contributed by atoms with van der Waals surface area (Å²) in [5.41, 5.74) is 2.69. The number of hydrogen-bond donors (Lipinski definition) is 1. The van der Waals surface area contributed by atoms with E-state index in [2.05, 4.69) is 51.2 Å². The maximum Gasteiger partial charge on any atom is 0.161 e. The van der Waals surface area contributed by atoms with Crippen LogP contribution >= 0.6 is 0 Å². The first-order valence-corrected chi connectivity index (χ1v) is 10.6. The van der Waals surface area contributed by atoms with Crippen molar-refractivity contribution in [2.75, 3.05) is 34.4 Å². The summed E-state index contributed by atoms with van der Waals surface area (Å²) in [5.74, 6) is 2.10. The first kappa shape index (κ1) is 21.4. The third kappa shape index (κ3) is 4.64. The number of rotatable bonds is 7. The molecule has 1 unspecified atom stereocenters. The second kappa shape index (κ2) is 9.45. The molecule has 1 saturated heterocycles. The van der Waals surface area contributed by atoms with Crippen LogP contribution in [0, 0.1) is 5.92 Å². The van der Waals surface area contributed by atoms with Gasteiger partial charge < -0.3 is 14.4 Å². The van der Waals surface area contributed by atoms with Crippen molar-refractivity contribution in [1.29, 1.82) is 0 Å². The number of piperidine rings is 1. The number of hydrogen-bond acceptors (Lipinski definition) is 3. The van der Waals surface area contributed by atoms with Crippen LogP contribution in [0.3, 0.4) is 0 Å². The molecule has 0 aliphatic carbocycles. The minimum Gasteiger partial charge on any atom is -0.493 e. The van der Waals surface area contributed by atoms with E-state index in [-0.39, 0.29) is 5.41 Å². The van der Waals surface area contributed by atoms with Crippen LogP contribution in [0.4, 0.5) is 0 Å². The molecule has 1 aliphatic heterocycles. The highest BCUT2D eigenvalue weighted by Crippen LogP contribution is 2.41. The molecule has 2 aromatic carbocycles. The number of ether oxygens (including phenoxy) is 2. The molecule has 0 bridgehead atoms. The number of aliphatic imine (C=N–C) groups is 1. The second-order valence-electron chi connectivity index (χ2n) is 8.48. The van der Waals surface area contributed by atoms with Crippen molar-refractivity contribution in [1.82, 2.24) is 0 Å². The Morgan fingerprint density at radius 1 is 1.07 bits per heavy atom. The average Bonchev–Trinajstić information content (AvgIpc) is 2.75. The lowest BCUT2D eigenvalue weighted by Gasteiger charge is -2.47. The summed E-state index contributed by atoms with van der Waals surface area (Å²) >= 11 is 0. The maximum atomic E-state index is 5.40. The topological polar surface area (TPSA) is 35.3 Å². The molecule has 0 aromatic heterocycles. The molecule has 29 heavy (non-hydrogen) atoms. The Morgan fingerprint density at radius 2 is 1.79 bits per heavy atom.